The van der Waals surface area contributed by atoms with Crippen molar-refractivity contribution in [3.05, 3.63) is 59.1 Å². The van der Waals surface area contributed by atoms with Crippen molar-refractivity contribution in [2.75, 3.05) is 38.0 Å². The molecule has 1 amide bonds. The number of Topliss-reactive ketones (excluding diaryl/α,β-unsaturated/α-hetero) is 1. The first-order valence-electron chi connectivity index (χ1n) is 12.3. The number of piperazine rings is 1. The second-order valence-corrected chi connectivity index (χ2v) is 10.4. The third-order valence-electron chi connectivity index (χ3n) is 6.44. The first-order chi connectivity index (χ1) is 18.2. The largest absolute Gasteiger partial charge is 0.573 e. The van der Waals surface area contributed by atoms with Crippen molar-refractivity contribution in [3.8, 4) is 16.3 Å². The fourth-order valence-corrected chi connectivity index (χ4v) is 5.24. The summed E-state index contributed by atoms with van der Waals surface area (Å²) in [5, 5.41) is 11.8. The van der Waals surface area contributed by atoms with E-state index in [1.807, 2.05) is 35.2 Å². The fraction of sp³-hybridized carbons (Fsp3) is 0.385. The second kappa shape index (κ2) is 11.2. The lowest BCUT2D eigenvalue weighted by Gasteiger charge is -2.34. The van der Waals surface area contributed by atoms with Crippen LogP contribution in [0.1, 0.15) is 28.2 Å². The number of benzene rings is 2. The molecular weight excluding hydrogens is 519 g/mol. The number of anilines is 1. The normalized spacial score (nSPS) is 16.8. The minimum Gasteiger partial charge on any atom is -0.404 e. The molecule has 0 spiro atoms. The fourth-order valence-electron chi connectivity index (χ4n) is 4.40. The molecule has 2 fully saturated rings. The molecule has 1 aliphatic carbocycles. The number of halogens is 3. The highest BCUT2D eigenvalue weighted by Gasteiger charge is 2.33. The summed E-state index contributed by atoms with van der Waals surface area (Å²) >= 11 is 1.26. The van der Waals surface area contributed by atoms with Gasteiger partial charge in [-0.15, -0.1) is 23.4 Å². The molecule has 2 aromatic carbocycles. The molecule has 0 radical (unpaired) electrons. The number of ether oxygens (including phenoxy) is 1. The number of nitrogens with zero attached hydrogens (tertiary/aromatic N) is 4. The Morgan fingerprint density at radius 2 is 1.76 bits per heavy atom. The Morgan fingerprint density at radius 3 is 2.45 bits per heavy atom. The third kappa shape index (κ3) is 6.94. The molecule has 0 bridgehead atoms. The number of aromatic nitrogens is 2. The van der Waals surface area contributed by atoms with Gasteiger partial charge in [0, 0.05) is 43.3 Å². The van der Waals surface area contributed by atoms with Gasteiger partial charge in [0.1, 0.15) is 10.0 Å². The van der Waals surface area contributed by atoms with Crippen LogP contribution >= 0.6 is 11.3 Å². The Morgan fingerprint density at radius 1 is 1.03 bits per heavy atom. The molecular formula is C26H26F3N5O3S. The second-order valence-electron chi connectivity index (χ2n) is 9.32. The summed E-state index contributed by atoms with van der Waals surface area (Å²) in [5.74, 6) is -1.42. The van der Waals surface area contributed by atoms with Crippen LogP contribution in [0.5, 0.6) is 5.75 Å². The maximum absolute atomic E-state index is 13.0. The van der Waals surface area contributed by atoms with Crippen molar-refractivity contribution in [1.29, 1.82) is 0 Å². The van der Waals surface area contributed by atoms with Crippen molar-refractivity contribution in [1.82, 2.24) is 20.0 Å². The van der Waals surface area contributed by atoms with Gasteiger partial charge in [-0.2, -0.15) is 0 Å². The van der Waals surface area contributed by atoms with Crippen molar-refractivity contribution >= 4 is 28.7 Å². The number of alkyl halides is 3. The van der Waals surface area contributed by atoms with Crippen molar-refractivity contribution in [3.63, 3.8) is 0 Å². The van der Waals surface area contributed by atoms with Gasteiger partial charge in [-0.1, -0.05) is 41.7 Å². The molecule has 5 rings (SSSR count). The van der Waals surface area contributed by atoms with E-state index in [2.05, 4.69) is 25.2 Å². The van der Waals surface area contributed by atoms with E-state index < -0.39 is 18.0 Å². The molecule has 200 valence electrons. The zero-order valence-corrected chi connectivity index (χ0v) is 21.2. The predicted molar refractivity (Wildman–Crippen MR) is 136 cm³/mol. The quantitative estimate of drug-likeness (QED) is 0.403. The maximum atomic E-state index is 13.0. The van der Waals surface area contributed by atoms with Gasteiger partial charge in [-0.3, -0.25) is 19.4 Å². The van der Waals surface area contributed by atoms with Crippen LogP contribution in [0, 0.1) is 0 Å². The average Bonchev–Trinajstić information content (AvgIpc) is 3.63. The van der Waals surface area contributed by atoms with Gasteiger partial charge in [0.2, 0.25) is 5.91 Å². The van der Waals surface area contributed by atoms with Crippen molar-refractivity contribution in [2.45, 2.75) is 31.7 Å². The smallest absolute Gasteiger partial charge is 0.404 e. The van der Waals surface area contributed by atoms with Crippen LogP contribution in [-0.2, 0) is 11.2 Å². The number of hydrogen-bond donors (Lipinski definition) is 1. The topological polar surface area (TPSA) is 87.7 Å². The molecule has 8 nitrogen and oxygen atoms in total. The molecule has 0 atom stereocenters. The molecule has 1 saturated carbocycles. The third-order valence-corrected chi connectivity index (χ3v) is 7.41. The van der Waals surface area contributed by atoms with E-state index in [0.717, 1.165) is 24.7 Å². The highest BCUT2D eigenvalue weighted by molar-refractivity contribution is 7.14. The number of rotatable bonds is 9. The Balaban J connectivity index is 1.26. The SMILES string of the molecule is O=C(CN1CCN(C2CC2)CC1)Nc1cc(C(=O)Cc2nnc(-c3ccccc3)s2)ccc1OC(F)(F)F. The van der Waals surface area contributed by atoms with Gasteiger partial charge < -0.3 is 10.1 Å². The van der Waals surface area contributed by atoms with Crippen LogP contribution in [0.25, 0.3) is 10.6 Å². The molecule has 1 N–H and O–H groups in total. The molecule has 38 heavy (non-hydrogen) atoms. The van der Waals surface area contributed by atoms with E-state index in [-0.39, 0.29) is 30.0 Å². The Bertz CT molecular complexity index is 1290. The lowest BCUT2D eigenvalue weighted by molar-refractivity contribution is -0.274. The number of carbonyl (C=O) groups is 2. The van der Waals surface area contributed by atoms with Gasteiger partial charge in [0.15, 0.2) is 11.5 Å². The van der Waals surface area contributed by atoms with Crippen molar-refractivity contribution < 1.29 is 27.5 Å². The summed E-state index contributed by atoms with van der Waals surface area (Å²) in [7, 11) is 0. The van der Waals surface area contributed by atoms with E-state index in [1.54, 1.807) is 0 Å². The summed E-state index contributed by atoms with van der Waals surface area (Å²) in [5.41, 5.74) is 0.790. The number of hydrogen-bond acceptors (Lipinski definition) is 8. The first kappa shape index (κ1) is 26.3. The average molecular weight is 546 g/mol. The number of ketones is 1. The number of nitrogens with one attached hydrogen (secondary N) is 1. The van der Waals surface area contributed by atoms with E-state index in [9.17, 15) is 22.8 Å². The van der Waals surface area contributed by atoms with Crippen LogP contribution < -0.4 is 10.1 Å². The Labute approximate surface area is 221 Å². The Hall–Kier alpha value is -3.35. The molecule has 1 aliphatic heterocycles. The zero-order chi connectivity index (χ0) is 26.7. The minimum atomic E-state index is -4.95. The van der Waals surface area contributed by atoms with Crippen LogP contribution in [0.15, 0.2) is 48.5 Å². The van der Waals surface area contributed by atoms with Crippen molar-refractivity contribution in [2.24, 2.45) is 0 Å². The van der Waals surface area contributed by atoms with E-state index in [4.69, 9.17) is 0 Å². The molecule has 2 heterocycles. The highest BCUT2D eigenvalue weighted by atomic mass is 32.1. The van der Waals surface area contributed by atoms with Gasteiger partial charge in [-0.25, -0.2) is 0 Å². The number of carbonyl (C=O) groups excluding carboxylic acids is 2. The maximum Gasteiger partial charge on any atom is 0.573 e. The standard InChI is InChI=1S/C26H26F3N5O3S/c27-26(28,29)37-22-9-6-18(21(35)15-24-31-32-25(38-24)17-4-2-1-3-5-17)14-20(22)30-23(36)16-33-10-12-34(13-11-33)19-7-8-19/h1-6,9,14,19H,7-8,10-13,15-16H2,(H,30,36). The molecule has 1 aromatic heterocycles. The monoisotopic (exact) mass is 545 g/mol. The lowest BCUT2D eigenvalue weighted by atomic mass is 10.1. The first-order valence-corrected chi connectivity index (χ1v) is 13.1. The molecule has 3 aromatic rings. The summed E-state index contributed by atoms with van der Waals surface area (Å²) < 4.78 is 43.1. The van der Waals surface area contributed by atoms with Crippen LogP contribution in [-0.4, -0.2) is 76.8 Å². The van der Waals surface area contributed by atoms with Gasteiger partial charge in [0.25, 0.3) is 0 Å². The predicted octanol–water partition coefficient (Wildman–Crippen LogP) is 4.25. The summed E-state index contributed by atoms with van der Waals surface area (Å²) in [6, 6.07) is 13.5. The zero-order valence-electron chi connectivity index (χ0n) is 20.4. The van der Waals surface area contributed by atoms with E-state index >= 15 is 0 Å². The summed E-state index contributed by atoms with van der Waals surface area (Å²) in [6.45, 7) is 3.18. The number of amides is 1. The summed E-state index contributed by atoms with van der Waals surface area (Å²) in [6.07, 6.45) is -2.61. The molecule has 1 saturated heterocycles. The van der Waals surface area contributed by atoms with Crippen LogP contribution in [0.2, 0.25) is 0 Å². The van der Waals surface area contributed by atoms with Gasteiger partial charge in [0.05, 0.1) is 18.7 Å². The molecule has 12 heteroatoms. The van der Waals surface area contributed by atoms with Gasteiger partial charge in [-0.05, 0) is 31.0 Å². The van der Waals surface area contributed by atoms with Gasteiger partial charge >= 0.3 is 6.36 Å². The summed E-state index contributed by atoms with van der Waals surface area (Å²) in [4.78, 5) is 30.1. The molecule has 0 unspecified atom stereocenters. The van der Waals surface area contributed by atoms with Crippen LogP contribution in [0.4, 0.5) is 18.9 Å². The lowest BCUT2D eigenvalue weighted by Crippen LogP contribution is -2.49. The van der Waals surface area contributed by atoms with Crippen LogP contribution in [0.3, 0.4) is 0 Å². The van der Waals surface area contributed by atoms with E-state index in [0.29, 0.717) is 29.1 Å². The highest BCUT2D eigenvalue weighted by Crippen LogP contribution is 2.32. The molecule has 2 aliphatic rings. The Kier molecular flexibility index (Phi) is 7.73. The minimum absolute atomic E-state index is 0.0369. The van der Waals surface area contributed by atoms with E-state index in [1.165, 1.54) is 36.3 Å².